The van der Waals surface area contributed by atoms with Gasteiger partial charge in [0, 0.05) is 5.39 Å². The van der Waals surface area contributed by atoms with E-state index in [2.05, 4.69) is 32.0 Å². The highest BCUT2D eigenvalue weighted by molar-refractivity contribution is 5.90. The number of ether oxygens (including phenoxy) is 3. The molecule has 0 N–H and O–H groups in total. The average Bonchev–Trinajstić information content (AvgIpc) is 2.88. The van der Waals surface area contributed by atoms with Crippen molar-refractivity contribution in [3.05, 3.63) is 71.8 Å². The molecular formula is C31H40O4. The number of unbranched alkanes of at least 4 members (excludes halogenated alkanes) is 5. The van der Waals surface area contributed by atoms with E-state index in [1.807, 2.05) is 49.4 Å². The Kier molecular flexibility index (Phi) is 10.9. The first kappa shape index (κ1) is 26.6. The molecule has 4 nitrogen and oxygen atoms in total. The summed E-state index contributed by atoms with van der Waals surface area (Å²) in [4.78, 5) is 12.4. The number of benzene rings is 3. The smallest absolute Gasteiger partial charge is 0.338 e. The van der Waals surface area contributed by atoms with Crippen LogP contribution in [0.3, 0.4) is 0 Å². The van der Waals surface area contributed by atoms with E-state index >= 15 is 0 Å². The van der Waals surface area contributed by atoms with Gasteiger partial charge in [0.15, 0.2) is 0 Å². The average molecular weight is 477 g/mol. The molecule has 1 atom stereocenters. The lowest BCUT2D eigenvalue weighted by molar-refractivity contribution is 0.0319. The fourth-order valence-corrected chi connectivity index (χ4v) is 4.06. The van der Waals surface area contributed by atoms with E-state index in [0.29, 0.717) is 12.2 Å². The molecule has 0 aliphatic heterocycles. The molecule has 0 bridgehead atoms. The second-order valence-electron chi connectivity index (χ2n) is 9.25. The zero-order valence-electron chi connectivity index (χ0n) is 21.6. The Morgan fingerprint density at radius 1 is 0.829 bits per heavy atom. The van der Waals surface area contributed by atoms with Gasteiger partial charge in [-0.05, 0) is 73.5 Å². The summed E-state index contributed by atoms with van der Waals surface area (Å²) in [5.74, 6) is 1.46. The Morgan fingerprint density at radius 2 is 1.60 bits per heavy atom. The molecule has 0 aliphatic carbocycles. The van der Waals surface area contributed by atoms with Gasteiger partial charge in [-0.15, -0.1) is 0 Å². The highest BCUT2D eigenvalue weighted by Crippen LogP contribution is 2.29. The fourth-order valence-electron chi connectivity index (χ4n) is 4.06. The molecule has 0 unspecified atom stereocenters. The zero-order valence-corrected chi connectivity index (χ0v) is 21.6. The Bertz CT molecular complexity index is 1040. The molecule has 35 heavy (non-hydrogen) atoms. The fraction of sp³-hybridized carbons (Fsp3) is 0.452. The molecule has 4 heteroatoms. The quantitative estimate of drug-likeness (QED) is 0.163. The topological polar surface area (TPSA) is 44.8 Å². The van der Waals surface area contributed by atoms with Crippen molar-refractivity contribution in [2.75, 3.05) is 6.61 Å². The van der Waals surface area contributed by atoms with Crippen molar-refractivity contribution in [2.45, 2.75) is 84.8 Å². The summed E-state index contributed by atoms with van der Waals surface area (Å²) in [6.07, 6.45) is 9.03. The van der Waals surface area contributed by atoms with E-state index < -0.39 is 0 Å². The normalized spacial score (nSPS) is 11.9. The van der Waals surface area contributed by atoms with Crippen LogP contribution in [0.5, 0.6) is 11.5 Å². The third kappa shape index (κ3) is 8.61. The first-order valence-corrected chi connectivity index (χ1v) is 13.2. The van der Waals surface area contributed by atoms with Gasteiger partial charge in [0.05, 0.1) is 18.3 Å². The molecule has 188 valence electrons. The minimum Gasteiger partial charge on any atom is -0.494 e. The van der Waals surface area contributed by atoms with Crippen molar-refractivity contribution >= 4 is 16.7 Å². The minimum absolute atomic E-state index is 0.0593. The summed E-state index contributed by atoms with van der Waals surface area (Å²) in [6.45, 7) is 7.53. The van der Waals surface area contributed by atoms with E-state index in [1.54, 1.807) is 0 Å². The van der Waals surface area contributed by atoms with Gasteiger partial charge in [-0.2, -0.15) is 0 Å². The molecule has 0 fully saturated rings. The number of rotatable bonds is 15. The van der Waals surface area contributed by atoms with Crippen LogP contribution in [0, 0.1) is 0 Å². The predicted molar refractivity (Wildman–Crippen MR) is 143 cm³/mol. The summed E-state index contributed by atoms with van der Waals surface area (Å²) < 4.78 is 17.6. The van der Waals surface area contributed by atoms with Crippen LogP contribution < -0.4 is 9.47 Å². The molecule has 0 spiro atoms. The van der Waals surface area contributed by atoms with Crippen molar-refractivity contribution < 1.29 is 19.0 Å². The number of carbonyl (C=O) groups is 1. The Hall–Kier alpha value is -3.01. The summed E-state index contributed by atoms with van der Waals surface area (Å²) >= 11 is 0. The van der Waals surface area contributed by atoms with Crippen molar-refractivity contribution in [1.82, 2.24) is 0 Å². The summed E-state index contributed by atoms with van der Waals surface area (Å²) in [5, 5.41) is 2.15. The van der Waals surface area contributed by atoms with E-state index in [-0.39, 0.29) is 12.1 Å². The lowest BCUT2D eigenvalue weighted by Crippen LogP contribution is -2.15. The molecule has 0 heterocycles. The van der Waals surface area contributed by atoms with Crippen LogP contribution in [0.2, 0.25) is 0 Å². The zero-order chi connectivity index (χ0) is 24.9. The van der Waals surface area contributed by atoms with Crippen molar-refractivity contribution in [1.29, 1.82) is 0 Å². The lowest BCUT2D eigenvalue weighted by Gasteiger charge is -2.14. The van der Waals surface area contributed by atoms with Gasteiger partial charge in [-0.25, -0.2) is 4.79 Å². The maximum absolute atomic E-state index is 12.4. The Morgan fingerprint density at radius 3 is 2.37 bits per heavy atom. The lowest BCUT2D eigenvalue weighted by atomic mass is 10.1. The number of fused-ring (bicyclic) bond motifs is 1. The standard InChI is InChI=1S/C31H40O4/c1-4-6-8-9-12-24(3)35-31(32)26-17-15-25(16-18-26)23-34-30-14-11-13-27-22-28(19-20-29(27)30)33-21-10-7-5-2/h11,13-20,22,24H,4-10,12,21,23H2,1-3H3/t24-/m1/s1. The van der Waals surface area contributed by atoms with Gasteiger partial charge in [-0.1, -0.05) is 70.2 Å². The molecule has 0 saturated carbocycles. The van der Waals surface area contributed by atoms with Crippen LogP contribution in [0.25, 0.3) is 10.8 Å². The van der Waals surface area contributed by atoms with Crippen LogP contribution in [0.4, 0.5) is 0 Å². The van der Waals surface area contributed by atoms with E-state index in [4.69, 9.17) is 14.2 Å². The summed E-state index contributed by atoms with van der Waals surface area (Å²) in [6, 6.07) is 19.7. The molecular weight excluding hydrogens is 436 g/mol. The summed E-state index contributed by atoms with van der Waals surface area (Å²) in [7, 11) is 0. The van der Waals surface area contributed by atoms with Gasteiger partial charge >= 0.3 is 5.97 Å². The van der Waals surface area contributed by atoms with Crippen LogP contribution in [0.15, 0.2) is 60.7 Å². The number of esters is 1. The number of hydrogen-bond acceptors (Lipinski definition) is 4. The molecule has 3 aromatic rings. The monoisotopic (exact) mass is 476 g/mol. The minimum atomic E-state index is -0.262. The highest BCUT2D eigenvalue weighted by atomic mass is 16.5. The van der Waals surface area contributed by atoms with E-state index in [0.717, 1.165) is 53.7 Å². The van der Waals surface area contributed by atoms with Gasteiger partial charge in [-0.3, -0.25) is 0 Å². The largest absolute Gasteiger partial charge is 0.494 e. The maximum Gasteiger partial charge on any atom is 0.338 e. The number of carbonyl (C=O) groups excluding carboxylic acids is 1. The first-order valence-electron chi connectivity index (χ1n) is 13.2. The molecule has 0 saturated heterocycles. The van der Waals surface area contributed by atoms with Gasteiger partial charge in [0.2, 0.25) is 0 Å². The van der Waals surface area contributed by atoms with E-state index in [9.17, 15) is 4.79 Å². The van der Waals surface area contributed by atoms with Crippen molar-refractivity contribution in [2.24, 2.45) is 0 Å². The molecule has 0 aliphatic rings. The second kappa shape index (κ2) is 14.4. The molecule has 3 aromatic carbocycles. The number of hydrogen-bond donors (Lipinski definition) is 0. The highest BCUT2D eigenvalue weighted by Gasteiger charge is 2.12. The van der Waals surface area contributed by atoms with Gasteiger partial charge < -0.3 is 14.2 Å². The molecule has 0 amide bonds. The third-order valence-electron chi connectivity index (χ3n) is 6.18. The van der Waals surface area contributed by atoms with Gasteiger partial charge in [0.25, 0.3) is 0 Å². The maximum atomic E-state index is 12.4. The summed E-state index contributed by atoms with van der Waals surface area (Å²) in [5.41, 5.74) is 1.58. The second-order valence-corrected chi connectivity index (χ2v) is 9.25. The van der Waals surface area contributed by atoms with E-state index in [1.165, 1.54) is 32.1 Å². The van der Waals surface area contributed by atoms with Crippen molar-refractivity contribution in [3.63, 3.8) is 0 Å². The predicted octanol–water partition coefficient (Wildman–Crippen LogP) is 8.50. The Balaban J connectivity index is 1.53. The van der Waals surface area contributed by atoms with Gasteiger partial charge in [0.1, 0.15) is 18.1 Å². The van der Waals surface area contributed by atoms with Crippen LogP contribution >= 0.6 is 0 Å². The van der Waals surface area contributed by atoms with Crippen LogP contribution in [0.1, 0.15) is 88.1 Å². The molecule has 0 aromatic heterocycles. The first-order chi connectivity index (χ1) is 17.1. The SMILES string of the molecule is CCCCCC[C@@H](C)OC(=O)c1ccc(COc2cccc3cc(OCCCCC)ccc23)cc1. The Labute approximate surface area is 210 Å². The molecule has 0 radical (unpaired) electrons. The third-order valence-corrected chi connectivity index (χ3v) is 6.18. The molecule has 3 rings (SSSR count). The van der Waals surface area contributed by atoms with Crippen molar-refractivity contribution in [3.8, 4) is 11.5 Å². The van der Waals surface area contributed by atoms with Crippen LogP contribution in [-0.2, 0) is 11.3 Å². The van der Waals surface area contributed by atoms with Crippen LogP contribution in [-0.4, -0.2) is 18.7 Å².